The molecule has 0 aromatic heterocycles. The van der Waals surface area contributed by atoms with Gasteiger partial charge in [-0.05, 0) is 37.1 Å². The summed E-state index contributed by atoms with van der Waals surface area (Å²) in [7, 11) is 0.801. The second-order valence-corrected chi connectivity index (χ2v) is 7.00. The molecular formula is C20H27NOSi. The molecule has 3 heteroatoms. The second-order valence-electron chi connectivity index (χ2n) is 6.42. The fourth-order valence-corrected chi connectivity index (χ4v) is 4.13. The molecule has 2 nitrogen and oxygen atoms in total. The van der Waals surface area contributed by atoms with Crippen molar-refractivity contribution >= 4 is 10.5 Å². The van der Waals surface area contributed by atoms with Gasteiger partial charge in [-0.1, -0.05) is 67.1 Å². The van der Waals surface area contributed by atoms with Crippen molar-refractivity contribution in [2.45, 2.75) is 31.2 Å². The lowest BCUT2D eigenvalue weighted by Gasteiger charge is -2.39. The number of likely N-dealkylation sites (tertiary alicyclic amines) is 1. The van der Waals surface area contributed by atoms with Crippen LogP contribution in [0.1, 0.15) is 36.3 Å². The minimum absolute atomic E-state index is 0.379. The Hall–Kier alpha value is -1.42. The minimum atomic E-state index is 0.379. The van der Waals surface area contributed by atoms with Crippen LogP contribution >= 0.6 is 0 Å². The molecule has 0 saturated carbocycles. The number of piperidine rings is 1. The summed E-state index contributed by atoms with van der Waals surface area (Å²) in [5.41, 5.74) is 2.79. The SMILES string of the molecule is [SiH3]OCC(C(c1ccccc1)c1ccccc1)N1CCCCC1. The van der Waals surface area contributed by atoms with E-state index in [1.807, 2.05) is 0 Å². The first-order chi connectivity index (χ1) is 11.4. The van der Waals surface area contributed by atoms with Gasteiger partial charge in [0.2, 0.25) is 0 Å². The van der Waals surface area contributed by atoms with Gasteiger partial charge in [0, 0.05) is 18.6 Å². The third kappa shape index (κ3) is 4.11. The first-order valence-corrected chi connectivity index (χ1v) is 9.54. The zero-order valence-electron chi connectivity index (χ0n) is 14.0. The molecule has 3 rings (SSSR count). The highest BCUT2D eigenvalue weighted by Gasteiger charge is 2.30. The zero-order valence-corrected chi connectivity index (χ0v) is 16.0. The maximum absolute atomic E-state index is 5.78. The van der Waals surface area contributed by atoms with E-state index in [-0.39, 0.29) is 0 Å². The van der Waals surface area contributed by atoms with Crippen molar-refractivity contribution < 1.29 is 4.43 Å². The van der Waals surface area contributed by atoms with E-state index in [1.165, 1.54) is 43.5 Å². The highest BCUT2D eigenvalue weighted by Crippen LogP contribution is 2.32. The van der Waals surface area contributed by atoms with Crippen LogP contribution in [0.15, 0.2) is 60.7 Å². The third-order valence-corrected chi connectivity index (χ3v) is 5.23. The molecule has 0 spiro atoms. The highest BCUT2D eigenvalue weighted by atomic mass is 28.2. The number of rotatable bonds is 6. The first-order valence-electron chi connectivity index (χ1n) is 8.73. The normalized spacial score (nSPS) is 17.4. The molecule has 0 bridgehead atoms. The van der Waals surface area contributed by atoms with E-state index in [9.17, 15) is 0 Å². The van der Waals surface area contributed by atoms with E-state index >= 15 is 0 Å². The van der Waals surface area contributed by atoms with Crippen LogP contribution in [0.2, 0.25) is 0 Å². The lowest BCUT2D eigenvalue weighted by atomic mass is 9.84. The molecule has 0 amide bonds. The molecule has 1 saturated heterocycles. The molecule has 1 aliphatic rings. The minimum Gasteiger partial charge on any atom is -0.426 e. The Morgan fingerprint density at radius 1 is 0.826 bits per heavy atom. The molecule has 2 aromatic carbocycles. The van der Waals surface area contributed by atoms with Gasteiger partial charge in [-0.25, -0.2) is 0 Å². The Bertz CT molecular complexity index is 529. The standard InChI is InChI=1S/C20H27NOSi/c23-22-16-19(21-14-8-3-9-15-21)20(17-10-4-1-5-11-17)18-12-6-2-7-13-18/h1-2,4-7,10-13,19-20H,3,8-9,14-16H2,23H3. The van der Waals surface area contributed by atoms with Crippen molar-refractivity contribution in [1.82, 2.24) is 4.90 Å². The van der Waals surface area contributed by atoms with Gasteiger partial charge in [-0.15, -0.1) is 0 Å². The summed E-state index contributed by atoms with van der Waals surface area (Å²) in [6.45, 7) is 3.23. The number of hydrogen-bond donors (Lipinski definition) is 0. The summed E-state index contributed by atoms with van der Waals surface area (Å²) in [4.78, 5) is 2.66. The Morgan fingerprint density at radius 2 is 1.35 bits per heavy atom. The lowest BCUT2D eigenvalue weighted by Crippen LogP contribution is -2.45. The van der Waals surface area contributed by atoms with E-state index in [0.29, 0.717) is 12.0 Å². The van der Waals surface area contributed by atoms with Gasteiger partial charge >= 0.3 is 0 Å². The Morgan fingerprint density at radius 3 is 1.83 bits per heavy atom. The van der Waals surface area contributed by atoms with Crippen molar-refractivity contribution in [3.63, 3.8) is 0 Å². The van der Waals surface area contributed by atoms with Crippen LogP contribution in [0.25, 0.3) is 0 Å². The van der Waals surface area contributed by atoms with Crippen molar-refractivity contribution in [1.29, 1.82) is 0 Å². The summed E-state index contributed by atoms with van der Waals surface area (Å²) in [6.07, 6.45) is 3.99. The highest BCUT2D eigenvalue weighted by molar-refractivity contribution is 5.97. The predicted molar refractivity (Wildman–Crippen MR) is 99.8 cm³/mol. The predicted octanol–water partition coefficient (Wildman–Crippen LogP) is 2.97. The van der Waals surface area contributed by atoms with E-state index in [1.54, 1.807) is 0 Å². The third-order valence-electron chi connectivity index (χ3n) is 4.90. The summed E-state index contributed by atoms with van der Waals surface area (Å²) < 4.78 is 5.78. The second kappa shape index (κ2) is 8.43. The Labute approximate surface area is 143 Å². The number of hydrogen-bond acceptors (Lipinski definition) is 2. The molecule has 2 aromatic rings. The molecule has 1 unspecified atom stereocenters. The molecule has 1 heterocycles. The average molecular weight is 326 g/mol. The molecule has 0 radical (unpaired) electrons. The maximum atomic E-state index is 5.78. The Balaban J connectivity index is 1.97. The molecule has 23 heavy (non-hydrogen) atoms. The van der Waals surface area contributed by atoms with E-state index in [0.717, 1.165) is 17.1 Å². The van der Waals surface area contributed by atoms with Gasteiger partial charge in [0.15, 0.2) is 0 Å². The fraction of sp³-hybridized carbons (Fsp3) is 0.400. The molecule has 122 valence electrons. The van der Waals surface area contributed by atoms with Crippen molar-refractivity contribution in [3.05, 3.63) is 71.8 Å². The van der Waals surface area contributed by atoms with Gasteiger partial charge < -0.3 is 4.43 Å². The van der Waals surface area contributed by atoms with Crippen molar-refractivity contribution in [3.8, 4) is 0 Å². The van der Waals surface area contributed by atoms with Crippen LogP contribution in [0.3, 0.4) is 0 Å². The molecule has 1 atom stereocenters. The van der Waals surface area contributed by atoms with Crippen LogP contribution in [-0.2, 0) is 4.43 Å². The quantitative estimate of drug-likeness (QED) is 0.757. The van der Waals surface area contributed by atoms with E-state index < -0.39 is 0 Å². The van der Waals surface area contributed by atoms with Crippen LogP contribution in [-0.4, -0.2) is 41.1 Å². The molecule has 1 fully saturated rings. The zero-order chi connectivity index (χ0) is 15.9. The van der Waals surface area contributed by atoms with Gasteiger partial charge in [-0.3, -0.25) is 4.90 Å². The largest absolute Gasteiger partial charge is 0.426 e. The number of benzene rings is 2. The number of nitrogens with zero attached hydrogens (tertiary/aromatic N) is 1. The van der Waals surface area contributed by atoms with Crippen molar-refractivity contribution in [2.75, 3.05) is 19.7 Å². The maximum Gasteiger partial charge on any atom is 0.146 e. The monoisotopic (exact) mass is 325 g/mol. The van der Waals surface area contributed by atoms with Gasteiger partial charge in [0.25, 0.3) is 0 Å². The summed E-state index contributed by atoms with van der Waals surface area (Å²) in [5.74, 6) is 0.379. The van der Waals surface area contributed by atoms with E-state index in [2.05, 4.69) is 65.6 Å². The lowest BCUT2D eigenvalue weighted by molar-refractivity contribution is 0.107. The molecule has 0 N–H and O–H groups in total. The average Bonchev–Trinajstić information content (AvgIpc) is 2.64. The molecular weight excluding hydrogens is 298 g/mol. The van der Waals surface area contributed by atoms with E-state index in [4.69, 9.17) is 4.43 Å². The summed E-state index contributed by atoms with van der Waals surface area (Å²) in [5, 5.41) is 0. The Kier molecular flexibility index (Phi) is 6.03. The topological polar surface area (TPSA) is 12.5 Å². The van der Waals surface area contributed by atoms with Crippen LogP contribution < -0.4 is 0 Å². The molecule has 0 aliphatic carbocycles. The van der Waals surface area contributed by atoms with Crippen molar-refractivity contribution in [2.24, 2.45) is 0 Å². The van der Waals surface area contributed by atoms with Crippen LogP contribution in [0.5, 0.6) is 0 Å². The first kappa shape index (κ1) is 16.4. The van der Waals surface area contributed by atoms with Crippen LogP contribution in [0, 0.1) is 0 Å². The molecule has 1 aliphatic heterocycles. The fourth-order valence-electron chi connectivity index (χ4n) is 3.79. The van der Waals surface area contributed by atoms with Gasteiger partial charge in [0.1, 0.15) is 10.5 Å². The summed E-state index contributed by atoms with van der Waals surface area (Å²) in [6, 6.07) is 22.3. The van der Waals surface area contributed by atoms with Crippen LogP contribution in [0.4, 0.5) is 0 Å². The smallest absolute Gasteiger partial charge is 0.146 e. The van der Waals surface area contributed by atoms with Gasteiger partial charge in [0.05, 0.1) is 0 Å². The summed E-state index contributed by atoms with van der Waals surface area (Å²) >= 11 is 0. The van der Waals surface area contributed by atoms with Gasteiger partial charge in [-0.2, -0.15) is 0 Å².